The molecule has 0 fully saturated rings. The molecule has 1 aromatic heterocycles. The Hall–Kier alpha value is -0.0300. The molecule has 0 aliphatic carbocycles. The Kier molecular flexibility index (Phi) is 7.19. The summed E-state index contributed by atoms with van der Waals surface area (Å²) < 4.78 is 0. The summed E-state index contributed by atoms with van der Waals surface area (Å²) in [6, 6.07) is 5.29. The summed E-state index contributed by atoms with van der Waals surface area (Å²) in [7, 11) is 2.19. The van der Waals surface area contributed by atoms with E-state index in [0.717, 1.165) is 6.54 Å². The quantitative estimate of drug-likeness (QED) is 0.737. The van der Waals surface area contributed by atoms with E-state index in [2.05, 4.69) is 43.3 Å². The van der Waals surface area contributed by atoms with Crippen molar-refractivity contribution in [2.45, 2.75) is 32.4 Å². The summed E-state index contributed by atoms with van der Waals surface area (Å²) in [6.45, 7) is 5.22. The Balaban J connectivity index is 2.50. The molecule has 98 valence electrons. The van der Waals surface area contributed by atoms with Gasteiger partial charge in [-0.3, -0.25) is 4.90 Å². The standard InChI is InChI=1S/C13H24N2S2/c1-4-16-9-7-12(10-14)15(3)11(2)13-6-5-8-17-13/h5-6,8,11-12H,4,7,9-10,14H2,1-3H3. The summed E-state index contributed by atoms with van der Waals surface area (Å²) in [5.41, 5.74) is 5.90. The van der Waals surface area contributed by atoms with Gasteiger partial charge in [0.1, 0.15) is 0 Å². The number of nitrogens with two attached hydrogens (primary N) is 1. The maximum atomic E-state index is 5.90. The molecule has 2 unspecified atom stereocenters. The van der Waals surface area contributed by atoms with Crippen LogP contribution in [0.3, 0.4) is 0 Å². The summed E-state index contributed by atoms with van der Waals surface area (Å²) in [6.07, 6.45) is 1.18. The van der Waals surface area contributed by atoms with E-state index in [1.165, 1.54) is 22.8 Å². The van der Waals surface area contributed by atoms with Crippen molar-refractivity contribution in [1.29, 1.82) is 0 Å². The van der Waals surface area contributed by atoms with Gasteiger partial charge in [0.15, 0.2) is 0 Å². The first-order valence-electron chi connectivity index (χ1n) is 6.23. The van der Waals surface area contributed by atoms with Crippen LogP contribution in [0.15, 0.2) is 17.5 Å². The van der Waals surface area contributed by atoms with Gasteiger partial charge in [0.25, 0.3) is 0 Å². The Morgan fingerprint density at radius 2 is 2.29 bits per heavy atom. The van der Waals surface area contributed by atoms with Crippen molar-refractivity contribution in [2.75, 3.05) is 25.1 Å². The number of thioether (sulfide) groups is 1. The highest BCUT2D eigenvalue weighted by atomic mass is 32.2. The number of rotatable bonds is 8. The van der Waals surface area contributed by atoms with Crippen LogP contribution in [-0.4, -0.2) is 36.0 Å². The molecule has 0 saturated carbocycles. The first-order chi connectivity index (χ1) is 8.20. The summed E-state index contributed by atoms with van der Waals surface area (Å²) in [5, 5.41) is 2.14. The van der Waals surface area contributed by atoms with Crippen LogP contribution in [0, 0.1) is 0 Å². The second-order valence-corrected chi connectivity index (χ2v) is 6.61. The van der Waals surface area contributed by atoms with E-state index in [4.69, 9.17) is 5.73 Å². The van der Waals surface area contributed by atoms with Crippen LogP contribution in [0.25, 0.3) is 0 Å². The Bertz CT molecular complexity index is 288. The van der Waals surface area contributed by atoms with Crippen molar-refractivity contribution < 1.29 is 0 Å². The van der Waals surface area contributed by atoms with Crippen molar-refractivity contribution in [2.24, 2.45) is 5.73 Å². The molecule has 2 nitrogen and oxygen atoms in total. The van der Waals surface area contributed by atoms with E-state index in [9.17, 15) is 0 Å². The zero-order valence-corrected chi connectivity index (χ0v) is 12.7. The molecule has 4 heteroatoms. The molecule has 1 rings (SSSR count). The summed E-state index contributed by atoms with van der Waals surface area (Å²) in [5.74, 6) is 2.40. The topological polar surface area (TPSA) is 29.3 Å². The second kappa shape index (κ2) is 8.14. The molecule has 0 aromatic carbocycles. The van der Waals surface area contributed by atoms with Gasteiger partial charge >= 0.3 is 0 Å². The van der Waals surface area contributed by atoms with Gasteiger partial charge < -0.3 is 5.73 Å². The third kappa shape index (κ3) is 4.62. The van der Waals surface area contributed by atoms with Crippen LogP contribution in [0.1, 0.15) is 31.2 Å². The maximum absolute atomic E-state index is 5.90. The van der Waals surface area contributed by atoms with Crippen LogP contribution in [-0.2, 0) is 0 Å². The molecule has 0 aliphatic heterocycles. The highest BCUT2D eigenvalue weighted by molar-refractivity contribution is 7.99. The predicted molar refractivity (Wildman–Crippen MR) is 81.0 cm³/mol. The average Bonchev–Trinajstić information content (AvgIpc) is 2.87. The average molecular weight is 272 g/mol. The normalized spacial score (nSPS) is 15.1. The summed E-state index contributed by atoms with van der Waals surface area (Å²) in [4.78, 5) is 3.84. The highest BCUT2D eigenvalue weighted by Gasteiger charge is 2.20. The number of hydrogen-bond donors (Lipinski definition) is 1. The number of thiophene rings is 1. The minimum atomic E-state index is 0.468. The van der Waals surface area contributed by atoms with Crippen LogP contribution in [0.5, 0.6) is 0 Å². The fraction of sp³-hybridized carbons (Fsp3) is 0.692. The molecule has 0 spiro atoms. The molecule has 1 heterocycles. The van der Waals surface area contributed by atoms with E-state index in [-0.39, 0.29) is 0 Å². The molecule has 17 heavy (non-hydrogen) atoms. The lowest BCUT2D eigenvalue weighted by molar-refractivity contribution is 0.188. The molecule has 1 aromatic rings. The van der Waals surface area contributed by atoms with E-state index in [0.29, 0.717) is 12.1 Å². The summed E-state index contributed by atoms with van der Waals surface area (Å²) >= 11 is 3.83. The lowest BCUT2D eigenvalue weighted by Gasteiger charge is -2.32. The fourth-order valence-corrected chi connectivity index (χ4v) is 3.46. The Labute approximate surface area is 114 Å². The molecule has 0 bridgehead atoms. The van der Waals surface area contributed by atoms with Gasteiger partial charge in [-0.25, -0.2) is 0 Å². The maximum Gasteiger partial charge on any atom is 0.0413 e. The van der Waals surface area contributed by atoms with Gasteiger partial charge in [-0.2, -0.15) is 11.8 Å². The lowest BCUT2D eigenvalue weighted by Crippen LogP contribution is -2.39. The predicted octanol–water partition coefficient (Wildman–Crippen LogP) is 3.21. The van der Waals surface area contributed by atoms with Crippen LogP contribution >= 0.6 is 23.1 Å². The lowest BCUT2D eigenvalue weighted by atomic mass is 10.1. The van der Waals surface area contributed by atoms with Gasteiger partial charge in [0.05, 0.1) is 0 Å². The molecular weight excluding hydrogens is 248 g/mol. The fourth-order valence-electron chi connectivity index (χ4n) is 1.90. The Morgan fingerprint density at radius 1 is 1.53 bits per heavy atom. The monoisotopic (exact) mass is 272 g/mol. The van der Waals surface area contributed by atoms with Crippen LogP contribution in [0.2, 0.25) is 0 Å². The smallest absolute Gasteiger partial charge is 0.0413 e. The van der Waals surface area contributed by atoms with Crippen molar-refractivity contribution in [3.8, 4) is 0 Å². The molecule has 2 N–H and O–H groups in total. The van der Waals surface area contributed by atoms with Gasteiger partial charge in [-0.15, -0.1) is 11.3 Å². The van der Waals surface area contributed by atoms with Gasteiger partial charge in [0, 0.05) is 23.5 Å². The molecule has 0 aliphatic rings. The van der Waals surface area contributed by atoms with Crippen molar-refractivity contribution in [3.63, 3.8) is 0 Å². The minimum absolute atomic E-state index is 0.468. The molecule has 2 atom stereocenters. The van der Waals surface area contributed by atoms with Crippen LogP contribution in [0.4, 0.5) is 0 Å². The highest BCUT2D eigenvalue weighted by Crippen LogP contribution is 2.25. The van der Waals surface area contributed by atoms with Gasteiger partial charge in [0.2, 0.25) is 0 Å². The van der Waals surface area contributed by atoms with Gasteiger partial charge in [-0.1, -0.05) is 13.0 Å². The zero-order chi connectivity index (χ0) is 12.7. The zero-order valence-electron chi connectivity index (χ0n) is 11.1. The van der Waals surface area contributed by atoms with E-state index >= 15 is 0 Å². The number of likely N-dealkylation sites (N-methyl/N-ethyl adjacent to an activating group) is 1. The minimum Gasteiger partial charge on any atom is -0.329 e. The largest absolute Gasteiger partial charge is 0.329 e. The molecule has 0 amide bonds. The molecule has 0 radical (unpaired) electrons. The molecule has 0 saturated heterocycles. The number of hydrogen-bond acceptors (Lipinski definition) is 4. The third-order valence-electron chi connectivity index (χ3n) is 3.21. The van der Waals surface area contributed by atoms with Crippen molar-refractivity contribution in [3.05, 3.63) is 22.4 Å². The van der Waals surface area contributed by atoms with Gasteiger partial charge in [-0.05, 0) is 43.3 Å². The van der Waals surface area contributed by atoms with Crippen LogP contribution < -0.4 is 5.73 Å². The second-order valence-electron chi connectivity index (χ2n) is 4.23. The Morgan fingerprint density at radius 3 is 2.82 bits per heavy atom. The van der Waals surface area contributed by atoms with E-state index in [1.807, 2.05) is 23.1 Å². The van der Waals surface area contributed by atoms with Crippen molar-refractivity contribution >= 4 is 23.1 Å². The van der Waals surface area contributed by atoms with Crippen molar-refractivity contribution in [1.82, 2.24) is 4.90 Å². The first-order valence-corrected chi connectivity index (χ1v) is 8.27. The third-order valence-corrected chi connectivity index (χ3v) is 5.19. The van der Waals surface area contributed by atoms with E-state index in [1.54, 1.807) is 0 Å². The number of nitrogens with zero attached hydrogens (tertiary/aromatic N) is 1. The van der Waals surface area contributed by atoms with E-state index < -0.39 is 0 Å². The SMILES string of the molecule is CCSCCC(CN)N(C)C(C)c1cccs1. The molecular formula is C13H24N2S2. The first kappa shape index (κ1) is 15.0.